The van der Waals surface area contributed by atoms with Crippen molar-refractivity contribution in [2.24, 2.45) is 0 Å². The Labute approximate surface area is 149 Å². The predicted molar refractivity (Wildman–Crippen MR) is 101 cm³/mol. The molecule has 2 aromatic rings. The minimum atomic E-state index is -0.262. The Balaban J connectivity index is 1.69. The fraction of sp³-hybridized carbons (Fsp3) is 0.348. The summed E-state index contributed by atoms with van der Waals surface area (Å²) in [5.74, 6) is -0.278. The summed E-state index contributed by atoms with van der Waals surface area (Å²) in [6.07, 6.45) is 8.31. The normalized spacial score (nSPS) is 17.4. The number of rotatable bonds is 6. The van der Waals surface area contributed by atoms with Crippen LogP contribution in [0.1, 0.15) is 61.6 Å². The molecule has 0 saturated heterocycles. The zero-order valence-electron chi connectivity index (χ0n) is 14.8. The summed E-state index contributed by atoms with van der Waals surface area (Å²) in [6, 6.07) is 14.9. The van der Waals surface area contributed by atoms with E-state index in [4.69, 9.17) is 0 Å². The van der Waals surface area contributed by atoms with Crippen molar-refractivity contribution in [2.75, 3.05) is 0 Å². The van der Waals surface area contributed by atoms with E-state index in [0.29, 0.717) is 0 Å². The molecule has 2 heteroatoms. The van der Waals surface area contributed by atoms with Crippen LogP contribution >= 0.6 is 0 Å². The van der Waals surface area contributed by atoms with Gasteiger partial charge in [-0.05, 0) is 66.2 Å². The average Bonchev–Trinajstić information content (AvgIpc) is 2.63. The zero-order valence-corrected chi connectivity index (χ0v) is 14.8. The quantitative estimate of drug-likeness (QED) is 0.583. The van der Waals surface area contributed by atoms with Crippen LogP contribution in [-0.2, 0) is 11.2 Å². The van der Waals surface area contributed by atoms with E-state index in [-0.39, 0.29) is 17.5 Å². The lowest BCUT2D eigenvalue weighted by molar-refractivity contribution is -0.116. The number of halogens is 1. The van der Waals surface area contributed by atoms with Gasteiger partial charge in [0.2, 0.25) is 0 Å². The maximum absolute atomic E-state index is 13.1. The van der Waals surface area contributed by atoms with E-state index >= 15 is 0 Å². The maximum atomic E-state index is 13.1. The van der Waals surface area contributed by atoms with Crippen molar-refractivity contribution in [1.82, 2.24) is 0 Å². The second kappa shape index (κ2) is 8.24. The van der Waals surface area contributed by atoms with Gasteiger partial charge in [-0.15, -0.1) is 0 Å². The van der Waals surface area contributed by atoms with Crippen LogP contribution in [0, 0.1) is 5.82 Å². The summed E-state index contributed by atoms with van der Waals surface area (Å²) in [5.41, 5.74) is 4.53. The van der Waals surface area contributed by atoms with Crippen LogP contribution in [-0.4, -0.2) is 5.78 Å². The molecule has 0 amide bonds. The van der Waals surface area contributed by atoms with Crippen molar-refractivity contribution >= 4 is 11.4 Å². The SMILES string of the molecule is CCCCCc1ccc(C2=CC(=O)C(c3ccc(F)cc3)CC2)cc1. The highest BCUT2D eigenvalue weighted by Gasteiger charge is 2.24. The second-order valence-corrected chi connectivity index (χ2v) is 6.87. The van der Waals surface area contributed by atoms with Crippen LogP contribution in [0.25, 0.3) is 5.57 Å². The Morgan fingerprint density at radius 3 is 2.36 bits per heavy atom. The molecule has 0 fully saturated rings. The molecular weight excluding hydrogens is 311 g/mol. The van der Waals surface area contributed by atoms with Gasteiger partial charge < -0.3 is 0 Å². The van der Waals surface area contributed by atoms with E-state index in [9.17, 15) is 9.18 Å². The number of hydrogen-bond acceptors (Lipinski definition) is 1. The smallest absolute Gasteiger partial charge is 0.163 e. The number of carbonyl (C=O) groups is 1. The van der Waals surface area contributed by atoms with Crippen LogP contribution in [0.3, 0.4) is 0 Å². The molecule has 25 heavy (non-hydrogen) atoms. The third kappa shape index (κ3) is 4.45. The number of carbonyl (C=O) groups excluding carboxylic acids is 1. The van der Waals surface area contributed by atoms with E-state index in [2.05, 4.69) is 31.2 Å². The minimum Gasteiger partial charge on any atom is -0.294 e. The third-order valence-electron chi connectivity index (χ3n) is 5.03. The Morgan fingerprint density at radius 1 is 1.00 bits per heavy atom. The summed E-state index contributed by atoms with van der Waals surface area (Å²) < 4.78 is 13.1. The molecule has 0 radical (unpaired) electrons. The van der Waals surface area contributed by atoms with Gasteiger partial charge in [0.1, 0.15) is 5.82 Å². The first-order chi connectivity index (χ1) is 12.2. The Morgan fingerprint density at radius 2 is 1.72 bits per heavy atom. The van der Waals surface area contributed by atoms with Crippen LogP contribution in [0.5, 0.6) is 0 Å². The number of ketones is 1. The van der Waals surface area contributed by atoms with Crippen molar-refractivity contribution in [3.63, 3.8) is 0 Å². The molecule has 0 aliphatic heterocycles. The highest BCUT2D eigenvalue weighted by Crippen LogP contribution is 2.34. The predicted octanol–water partition coefficient (Wildman–Crippen LogP) is 6.09. The maximum Gasteiger partial charge on any atom is 0.163 e. The largest absolute Gasteiger partial charge is 0.294 e. The summed E-state index contributed by atoms with van der Waals surface area (Å²) >= 11 is 0. The van der Waals surface area contributed by atoms with Crippen molar-refractivity contribution < 1.29 is 9.18 Å². The molecule has 0 heterocycles. The van der Waals surface area contributed by atoms with Gasteiger partial charge in [0.25, 0.3) is 0 Å². The van der Waals surface area contributed by atoms with Crippen molar-refractivity contribution in [3.8, 4) is 0 Å². The number of benzene rings is 2. The number of aryl methyl sites for hydroxylation is 1. The molecular formula is C23H25FO. The van der Waals surface area contributed by atoms with Gasteiger partial charge in [0.15, 0.2) is 5.78 Å². The minimum absolute atomic E-state index is 0.125. The molecule has 3 rings (SSSR count). The number of unbranched alkanes of at least 4 members (excludes halogenated alkanes) is 2. The fourth-order valence-corrected chi connectivity index (χ4v) is 3.50. The summed E-state index contributed by atoms with van der Waals surface area (Å²) in [7, 11) is 0. The molecule has 0 saturated carbocycles. The van der Waals surface area contributed by atoms with Crippen LogP contribution in [0.2, 0.25) is 0 Å². The Bertz CT molecular complexity index is 741. The summed E-state index contributed by atoms with van der Waals surface area (Å²) in [5, 5.41) is 0. The molecule has 0 aromatic heterocycles. The lowest BCUT2D eigenvalue weighted by Crippen LogP contribution is -2.15. The average molecular weight is 336 g/mol. The van der Waals surface area contributed by atoms with Gasteiger partial charge in [-0.3, -0.25) is 4.79 Å². The zero-order chi connectivity index (χ0) is 17.6. The van der Waals surface area contributed by atoms with Crippen molar-refractivity contribution in [2.45, 2.75) is 51.4 Å². The van der Waals surface area contributed by atoms with Gasteiger partial charge in [0, 0.05) is 5.92 Å². The first-order valence-electron chi connectivity index (χ1n) is 9.26. The van der Waals surface area contributed by atoms with Crippen LogP contribution < -0.4 is 0 Å². The van der Waals surface area contributed by atoms with Gasteiger partial charge in [-0.2, -0.15) is 0 Å². The molecule has 0 bridgehead atoms. The van der Waals surface area contributed by atoms with E-state index in [1.165, 1.54) is 37.0 Å². The van der Waals surface area contributed by atoms with Crippen LogP contribution in [0.4, 0.5) is 4.39 Å². The van der Waals surface area contributed by atoms with E-state index in [1.54, 1.807) is 18.2 Å². The summed E-state index contributed by atoms with van der Waals surface area (Å²) in [6.45, 7) is 2.22. The van der Waals surface area contributed by atoms with Gasteiger partial charge in [-0.25, -0.2) is 4.39 Å². The molecule has 1 atom stereocenters. The van der Waals surface area contributed by atoms with Crippen molar-refractivity contribution in [3.05, 3.63) is 77.1 Å². The lowest BCUT2D eigenvalue weighted by Gasteiger charge is -2.21. The molecule has 1 unspecified atom stereocenters. The Kier molecular flexibility index (Phi) is 5.80. The van der Waals surface area contributed by atoms with Crippen molar-refractivity contribution in [1.29, 1.82) is 0 Å². The van der Waals surface area contributed by atoms with E-state index in [0.717, 1.165) is 36.0 Å². The topological polar surface area (TPSA) is 17.1 Å². The van der Waals surface area contributed by atoms with E-state index < -0.39 is 0 Å². The fourth-order valence-electron chi connectivity index (χ4n) is 3.50. The van der Waals surface area contributed by atoms with E-state index in [1.807, 2.05) is 0 Å². The second-order valence-electron chi connectivity index (χ2n) is 6.87. The Hall–Kier alpha value is -2.22. The van der Waals surface area contributed by atoms with Gasteiger partial charge >= 0.3 is 0 Å². The molecule has 1 nitrogen and oxygen atoms in total. The van der Waals surface area contributed by atoms with Gasteiger partial charge in [-0.1, -0.05) is 56.2 Å². The first-order valence-corrected chi connectivity index (χ1v) is 9.26. The highest BCUT2D eigenvalue weighted by atomic mass is 19.1. The monoisotopic (exact) mass is 336 g/mol. The number of hydrogen-bond donors (Lipinski definition) is 0. The third-order valence-corrected chi connectivity index (χ3v) is 5.03. The van der Waals surface area contributed by atoms with Gasteiger partial charge in [0.05, 0.1) is 0 Å². The standard InChI is InChI=1S/C23H25FO/c1-2-3-4-5-17-6-8-18(9-7-17)20-12-15-22(23(25)16-20)19-10-13-21(24)14-11-19/h6-11,13-14,16,22H,2-5,12,15H2,1H3. The molecule has 1 aliphatic carbocycles. The lowest BCUT2D eigenvalue weighted by atomic mass is 9.81. The molecule has 130 valence electrons. The highest BCUT2D eigenvalue weighted by molar-refractivity contribution is 6.02. The van der Waals surface area contributed by atoms with Crippen LogP contribution in [0.15, 0.2) is 54.6 Å². The molecule has 0 spiro atoms. The molecule has 2 aromatic carbocycles. The number of allylic oxidation sites excluding steroid dienone is 2. The molecule has 0 N–H and O–H groups in total. The summed E-state index contributed by atoms with van der Waals surface area (Å²) in [4.78, 5) is 12.5. The molecule has 1 aliphatic rings. The first kappa shape index (κ1) is 17.6.